The monoisotopic (exact) mass is 225 g/mol. The molecule has 0 aromatic heterocycles. The maximum atomic E-state index is 12.9. The van der Waals surface area contributed by atoms with E-state index in [0.717, 1.165) is 24.6 Å². The Morgan fingerprint density at radius 1 is 1.25 bits per heavy atom. The van der Waals surface area contributed by atoms with Gasteiger partial charge < -0.3 is 5.32 Å². The Morgan fingerprint density at radius 2 is 1.88 bits per heavy atom. The summed E-state index contributed by atoms with van der Waals surface area (Å²) >= 11 is 0. The molecule has 88 valence electrons. The quantitative estimate of drug-likeness (QED) is 0.600. The zero-order valence-corrected chi connectivity index (χ0v) is 9.69. The normalized spacial score (nSPS) is 11.9. The summed E-state index contributed by atoms with van der Waals surface area (Å²) in [6.45, 7) is 2.88. The highest BCUT2D eigenvalue weighted by Gasteiger charge is 2.01. The van der Waals surface area contributed by atoms with Gasteiger partial charge in [0, 0.05) is 6.07 Å². The second-order valence-electron chi connectivity index (χ2n) is 3.90. The molecule has 1 aromatic carbocycles. The Bertz CT molecular complexity index is 352. The lowest BCUT2D eigenvalue weighted by molar-refractivity contribution is 0.580. The zero-order valence-electron chi connectivity index (χ0n) is 9.69. The van der Waals surface area contributed by atoms with Crippen LogP contribution >= 0.6 is 0 Å². The molecule has 0 amide bonds. The van der Waals surface area contributed by atoms with Gasteiger partial charge in [-0.25, -0.2) is 8.78 Å². The first-order chi connectivity index (χ1) is 7.61. The van der Waals surface area contributed by atoms with Crippen LogP contribution in [-0.4, -0.2) is 13.6 Å². The first-order valence-corrected chi connectivity index (χ1v) is 5.37. The first kappa shape index (κ1) is 12.8. The van der Waals surface area contributed by atoms with E-state index in [9.17, 15) is 8.78 Å². The van der Waals surface area contributed by atoms with E-state index in [4.69, 9.17) is 0 Å². The minimum Gasteiger partial charge on any atom is -0.319 e. The van der Waals surface area contributed by atoms with Crippen molar-refractivity contribution < 1.29 is 8.78 Å². The van der Waals surface area contributed by atoms with Crippen molar-refractivity contribution in [2.75, 3.05) is 13.6 Å². The van der Waals surface area contributed by atoms with Crippen LogP contribution in [0.2, 0.25) is 0 Å². The van der Waals surface area contributed by atoms with Gasteiger partial charge in [-0.05, 0) is 51.1 Å². The fourth-order valence-electron chi connectivity index (χ4n) is 1.57. The van der Waals surface area contributed by atoms with Crippen molar-refractivity contribution in [1.82, 2.24) is 5.32 Å². The van der Waals surface area contributed by atoms with Gasteiger partial charge in [-0.3, -0.25) is 0 Å². The third-order valence-corrected chi connectivity index (χ3v) is 2.29. The average Bonchev–Trinajstić information content (AvgIpc) is 2.16. The number of nitrogens with one attached hydrogen (secondary N) is 1. The lowest BCUT2D eigenvalue weighted by Gasteiger charge is -2.03. The highest BCUT2D eigenvalue weighted by Crippen LogP contribution is 2.12. The maximum Gasteiger partial charge on any atom is 0.126 e. The van der Waals surface area contributed by atoms with Crippen molar-refractivity contribution in [3.8, 4) is 0 Å². The molecular formula is C13H17F2N. The van der Waals surface area contributed by atoms with Gasteiger partial charge >= 0.3 is 0 Å². The standard InChI is InChI=1S/C13H17F2N/c1-10(4-3-5-16-2)6-11-7-12(14)9-13(15)8-11/h4,7-9,16H,3,5-6H2,1-2H3/b10-4-. The summed E-state index contributed by atoms with van der Waals surface area (Å²) in [5.41, 5.74) is 1.80. The molecule has 0 aliphatic carbocycles. The van der Waals surface area contributed by atoms with E-state index in [1.807, 2.05) is 14.0 Å². The zero-order chi connectivity index (χ0) is 12.0. The summed E-state index contributed by atoms with van der Waals surface area (Å²) in [6, 6.07) is 3.64. The highest BCUT2D eigenvalue weighted by molar-refractivity contribution is 5.23. The van der Waals surface area contributed by atoms with Gasteiger partial charge in [0.05, 0.1) is 0 Å². The van der Waals surface area contributed by atoms with Crippen molar-refractivity contribution in [2.24, 2.45) is 0 Å². The fourth-order valence-corrected chi connectivity index (χ4v) is 1.57. The van der Waals surface area contributed by atoms with E-state index in [-0.39, 0.29) is 0 Å². The van der Waals surface area contributed by atoms with Crippen LogP contribution in [0, 0.1) is 11.6 Å². The average molecular weight is 225 g/mol. The highest BCUT2D eigenvalue weighted by atomic mass is 19.1. The second-order valence-corrected chi connectivity index (χ2v) is 3.90. The van der Waals surface area contributed by atoms with E-state index in [0.29, 0.717) is 12.0 Å². The molecule has 1 aromatic rings. The molecule has 0 unspecified atom stereocenters. The van der Waals surface area contributed by atoms with E-state index < -0.39 is 11.6 Å². The van der Waals surface area contributed by atoms with Crippen molar-refractivity contribution in [2.45, 2.75) is 19.8 Å². The van der Waals surface area contributed by atoms with E-state index in [1.165, 1.54) is 12.1 Å². The lowest BCUT2D eigenvalue weighted by atomic mass is 10.1. The first-order valence-electron chi connectivity index (χ1n) is 5.37. The van der Waals surface area contributed by atoms with E-state index in [1.54, 1.807) is 0 Å². The predicted octanol–water partition coefficient (Wildman–Crippen LogP) is 3.06. The van der Waals surface area contributed by atoms with Gasteiger partial charge in [0.25, 0.3) is 0 Å². The summed E-state index contributed by atoms with van der Waals surface area (Å²) in [4.78, 5) is 0. The van der Waals surface area contributed by atoms with Crippen LogP contribution in [-0.2, 0) is 6.42 Å². The van der Waals surface area contributed by atoms with Crippen LogP contribution in [0.3, 0.4) is 0 Å². The van der Waals surface area contributed by atoms with Gasteiger partial charge in [-0.15, -0.1) is 0 Å². The van der Waals surface area contributed by atoms with Gasteiger partial charge in [-0.1, -0.05) is 11.6 Å². The fraction of sp³-hybridized carbons (Fsp3) is 0.385. The van der Waals surface area contributed by atoms with Crippen molar-refractivity contribution >= 4 is 0 Å². The molecule has 3 heteroatoms. The number of rotatable bonds is 5. The van der Waals surface area contributed by atoms with Crippen LogP contribution < -0.4 is 5.32 Å². The number of hydrogen-bond acceptors (Lipinski definition) is 1. The van der Waals surface area contributed by atoms with Gasteiger partial charge in [0.15, 0.2) is 0 Å². The van der Waals surface area contributed by atoms with Gasteiger partial charge in [-0.2, -0.15) is 0 Å². The molecule has 16 heavy (non-hydrogen) atoms. The molecule has 1 rings (SSSR count). The topological polar surface area (TPSA) is 12.0 Å². The molecule has 0 aliphatic rings. The van der Waals surface area contributed by atoms with Crippen LogP contribution in [0.15, 0.2) is 29.8 Å². The summed E-state index contributed by atoms with van der Waals surface area (Å²) in [5, 5.41) is 3.04. The minimum atomic E-state index is -0.516. The molecular weight excluding hydrogens is 208 g/mol. The maximum absolute atomic E-state index is 12.9. The van der Waals surface area contributed by atoms with E-state index in [2.05, 4.69) is 11.4 Å². The Labute approximate surface area is 95.2 Å². The van der Waals surface area contributed by atoms with Crippen molar-refractivity contribution in [3.05, 3.63) is 47.0 Å². The molecule has 0 radical (unpaired) electrons. The third-order valence-electron chi connectivity index (χ3n) is 2.29. The SMILES string of the molecule is CNCC/C=C(/C)Cc1cc(F)cc(F)c1. The van der Waals surface area contributed by atoms with Crippen LogP contribution in [0.4, 0.5) is 8.78 Å². The Morgan fingerprint density at radius 3 is 2.44 bits per heavy atom. The van der Waals surface area contributed by atoms with Crippen molar-refractivity contribution in [3.63, 3.8) is 0 Å². The van der Waals surface area contributed by atoms with Gasteiger partial charge in [0.1, 0.15) is 11.6 Å². The van der Waals surface area contributed by atoms with E-state index >= 15 is 0 Å². The summed E-state index contributed by atoms with van der Waals surface area (Å²) in [5.74, 6) is -1.03. The second kappa shape index (κ2) is 6.38. The molecule has 0 heterocycles. The smallest absolute Gasteiger partial charge is 0.126 e. The number of benzene rings is 1. The van der Waals surface area contributed by atoms with Crippen LogP contribution in [0.1, 0.15) is 18.9 Å². The molecule has 0 spiro atoms. The van der Waals surface area contributed by atoms with Crippen molar-refractivity contribution in [1.29, 1.82) is 0 Å². The summed E-state index contributed by atoms with van der Waals surface area (Å²) < 4.78 is 25.8. The largest absolute Gasteiger partial charge is 0.319 e. The molecule has 0 fully saturated rings. The molecule has 0 saturated carbocycles. The Hall–Kier alpha value is -1.22. The van der Waals surface area contributed by atoms with Crippen LogP contribution in [0.5, 0.6) is 0 Å². The minimum absolute atomic E-state index is 0.516. The third kappa shape index (κ3) is 4.53. The van der Waals surface area contributed by atoms with Crippen LogP contribution in [0.25, 0.3) is 0 Å². The number of hydrogen-bond donors (Lipinski definition) is 1. The van der Waals surface area contributed by atoms with Gasteiger partial charge in [0.2, 0.25) is 0 Å². The lowest BCUT2D eigenvalue weighted by Crippen LogP contribution is -2.06. The molecule has 0 aliphatic heterocycles. The number of allylic oxidation sites excluding steroid dienone is 1. The summed E-state index contributed by atoms with van der Waals surface area (Å²) in [7, 11) is 1.89. The molecule has 1 nitrogen and oxygen atoms in total. The Kier molecular flexibility index (Phi) is 5.12. The Balaban J connectivity index is 2.61. The molecule has 0 bridgehead atoms. The molecule has 1 N–H and O–H groups in total. The summed E-state index contributed by atoms with van der Waals surface area (Å²) in [6.07, 6.45) is 3.61. The number of halogens is 2. The molecule has 0 atom stereocenters. The predicted molar refractivity (Wildman–Crippen MR) is 62.4 cm³/mol. The molecule has 0 saturated heterocycles.